The van der Waals surface area contributed by atoms with Crippen molar-refractivity contribution in [2.75, 3.05) is 6.54 Å². The van der Waals surface area contributed by atoms with Gasteiger partial charge in [0.25, 0.3) is 5.91 Å². The molecule has 1 aromatic carbocycles. The van der Waals surface area contributed by atoms with Crippen LogP contribution >= 0.6 is 11.3 Å². The normalized spacial score (nSPS) is 11.5. The number of rotatable bonds is 6. The summed E-state index contributed by atoms with van der Waals surface area (Å²) in [7, 11) is 0. The maximum Gasteiger partial charge on any atom is 0.261 e. The molecule has 1 N–H and O–H groups in total. The van der Waals surface area contributed by atoms with Gasteiger partial charge in [-0.15, -0.1) is 11.3 Å². The third-order valence-electron chi connectivity index (χ3n) is 3.11. The molecule has 1 heterocycles. The van der Waals surface area contributed by atoms with Crippen LogP contribution in [0.5, 0.6) is 0 Å². The molecule has 0 saturated carbocycles. The van der Waals surface area contributed by atoms with Crippen LogP contribution in [0.25, 0.3) is 10.4 Å². The second kappa shape index (κ2) is 7.47. The van der Waals surface area contributed by atoms with Crippen LogP contribution in [0.4, 0.5) is 0 Å². The van der Waals surface area contributed by atoms with E-state index in [2.05, 4.69) is 34.4 Å². The van der Waals surface area contributed by atoms with E-state index in [9.17, 15) is 4.79 Å². The Morgan fingerprint density at radius 2 is 2.10 bits per heavy atom. The molecule has 1 atom stereocenters. The second-order valence-electron chi connectivity index (χ2n) is 4.68. The number of carbonyl (C=O) groups excluding carboxylic acids is 1. The number of nitrogens with zero attached hydrogens (tertiary/aromatic N) is 3. The molecule has 1 amide bonds. The largest absolute Gasteiger partial charge is 0.351 e. The molecule has 6 heteroatoms. The summed E-state index contributed by atoms with van der Waals surface area (Å²) < 4.78 is 0. The van der Waals surface area contributed by atoms with Gasteiger partial charge in [0.15, 0.2) is 0 Å². The Balaban J connectivity index is 1.89. The zero-order chi connectivity index (χ0) is 15.1. The summed E-state index contributed by atoms with van der Waals surface area (Å²) in [5.41, 5.74) is 9.48. The highest BCUT2D eigenvalue weighted by atomic mass is 32.1. The van der Waals surface area contributed by atoms with Gasteiger partial charge in [-0.25, -0.2) is 0 Å². The van der Waals surface area contributed by atoms with E-state index in [1.54, 1.807) is 6.07 Å². The van der Waals surface area contributed by atoms with E-state index in [0.29, 0.717) is 11.4 Å². The van der Waals surface area contributed by atoms with E-state index in [0.717, 1.165) is 4.88 Å². The minimum atomic E-state index is -0.0880. The van der Waals surface area contributed by atoms with Crippen molar-refractivity contribution in [3.05, 3.63) is 68.2 Å². The van der Waals surface area contributed by atoms with Gasteiger partial charge in [-0.2, -0.15) is 0 Å². The quantitative estimate of drug-likeness (QED) is 0.486. The zero-order valence-corrected chi connectivity index (χ0v) is 12.5. The number of benzene rings is 1. The van der Waals surface area contributed by atoms with Crippen LogP contribution in [0.3, 0.4) is 0 Å². The van der Waals surface area contributed by atoms with Gasteiger partial charge in [0, 0.05) is 16.3 Å². The highest BCUT2D eigenvalue weighted by molar-refractivity contribution is 7.14. The summed E-state index contributed by atoms with van der Waals surface area (Å²) in [5.74, 6) is 0.174. The Bertz CT molecular complexity index is 647. The molecular formula is C15H16N4OS. The van der Waals surface area contributed by atoms with Crippen molar-refractivity contribution in [1.82, 2.24) is 5.32 Å². The summed E-state index contributed by atoms with van der Waals surface area (Å²) in [5, 5.41) is 6.42. The van der Waals surface area contributed by atoms with Gasteiger partial charge in [0.2, 0.25) is 0 Å². The lowest BCUT2D eigenvalue weighted by Crippen LogP contribution is -2.26. The maximum atomic E-state index is 12.1. The van der Waals surface area contributed by atoms with Gasteiger partial charge in [-0.3, -0.25) is 4.79 Å². The van der Waals surface area contributed by atoms with Crippen molar-refractivity contribution in [1.29, 1.82) is 0 Å². The lowest BCUT2D eigenvalue weighted by molar-refractivity contribution is 0.0955. The molecule has 2 rings (SSSR count). The number of amides is 1. The van der Waals surface area contributed by atoms with Crippen LogP contribution in [-0.4, -0.2) is 12.5 Å². The number of hydrogen-bond donors (Lipinski definition) is 1. The molecule has 1 unspecified atom stereocenters. The highest BCUT2D eigenvalue weighted by Crippen LogP contribution is 2.18. The van der Waals surface area contributed by atoms with Crippen molar-refractivity contribution in [3.8, 4) is 0 Å². The number of carbonyl (C=O) groups is 1. The third kappa shape index (κ3) is 4.34. The van der Waals surface area contributed by atoms with Gasteiger partial charge in [0.1, 0.15) is 0 Å². The lowest BCUT2D eigenvalue weighted by Gasteiger charge is -2.12. The van der Waals surface area contributed by atoms with Gasteiger partial charge in [0.05, 0.1) is 11.4 Å². The zero-order valence-electron chi connectivity index (χ0n) is 11.7. The Hall–Kier alpha value is -2.30. The fourth-order valence-electron chi connectivity index (χ4n) is 1.92. The highest BCUT2D eigenvalue weighted by Gasteiger charge is 2.11. The van der Waals surface area contributed by atoms with E-state index in [1.165, 1.54) is 16.9 Å². The molecule has 0 radical (unpaired) electrons. The molecule has 0 aliphatic carbocycles. The first kappa shape index (κ1) is 15.1. The molecule has 5 nitrogen and oxygen atoms in total. The van der Waals surface area contributed by atoms with E-state index >= 15 is 0 Å². The fourth-order valence-corrected chi connectivity index (χ4v) is 2.76. The lowest BCUT2D eigenvalue weighted by atomic mass is 10.0. The molecular weight excluding hydrogens is 284 g/mol. The predicted molar refractivity (Wildman–Crippen MR) is 84.4 cm³/mol. The summed E-state index contributed by atoms with van der Waals surface area (Å²) in [6, 6.07) is 13.7. The van der Waals surface area contributed by atoms with Crippen LogP contribution in [0.15, 0.2) is 47.6 Å². The molecule has 0 bridgehead atoms. The fraction of sp³-hybridized carbons (Fsp3) is 0.267. The molecule has 1 aromatic heterocycles. The summed E-state index contributed by atoms with van der Waals surface area (Å²) in [6.07, 6.45) is 0. The monoisotopic (exact) mass is 300 g/mol. The van der Waals surface area contributed by atoms with Gasteiger partial charge in [-0.1, -0.05) is 42.4 Å². The minimum absolute atomic E-state index is 0.0880. The van der Waals surface area contributed by atoms with Gasteiger partial charge >= 0.3 is 0 Å². The first-order chi connectivity index (χ1) is 10.2. The Morgan fingerprint density at radius 3 is 2.81 bits per heavy atom. The molecule has 0 saturated heterocycles. The van der Waals surface area contributed by atoms with Crippen molar-refractivity contribution in [3.63, 3.8) is 0 Å². The average Bonchev–Trinajstić information content (AvgIpc) is 3.00. The topological polar surface area (TPSA) is 77.9 Å². The van der Waals surface area contributed by atoms with Crippen LogP contribution in [0.1, 0.15) is 33.0 Å². The second-order valence-corrected chi connectivity index (χ2v) is 5.85. The average molecular weight is 300 g/mol. The molecule has 0 fully saturated rings. The van der Waals surface area contributed by atoms with Crippen LogP contribution in [0, 0.1) is 0 Å². The summed E-state index contributed by atoms with van der Waals surface area (Å²) >= 11 is 1.35. The molecule has 0 spiro atoms. The van der Waals surface area contributed by atoms with E-state index in [-0.39, 0.29) is 18.4 Å². The molecule has 0 aliphatic rings. The van der Waals surface area contributed by atoms with E-state index in [1.807, 2.05) is 24.3 Å². The maximum absolute atomic E-state index is 12.1. The number of nitrogens with one attached hydrogen (secondary N) is 1. The first-order valence-corrected chi connectivity index (χ1v) is 7.45. The number of thiophene rings is 1. The van der Waals surface area contributed by atoms with Crippen LogP contribution < -0.4 is 5.32 Å². The van der Waals surface area contributed by atoms with Gasteiger partial charge in [-0.05, 0) is 29.1 Å². The van der Waals surface area contributed by atoms with Crippen molar-refractivity contribution in [2.24, 2.45) is 5.11 Å². The van der Waals surface area contributed by atoms with Crippen molar-refractivity contribution in [2.45, 2.75) is 19.4 Å². The van der Waals surface area contributed by atoms with E-state index < -0.39 is 0 Å². The Kier molecular flexibility index (Phi) is 5.37. The molecule has 2 aromatic rings. The minimum Gasteiger partial charge on any atom is -0.351 e. The predicted octanol–water partition coefficient (Wildman–Crippen LogP) is 4.09. The molecule has 21 heavy (non-hydrogen) atoms. The molecule has 108 valence electrons. The van der Waals surface area contributed by atoms with Crippen molar-refractivity contribution >= 4 is 17.2 Å². The Morgan fingerprint density at radius 1 is 1.33 bits per heavy atom. The van der Waals surface area contributed by atoms with E-state index in [4.69, 9.17) is 5.53 Å². The van der Waals surface area contributed by atoms with Gasteiger partial charge < -0.3 is 5.32 Å². The van der Waals surface area contributed by atoms with Crippen molar-refractivity contribution < 1.29 is 4.79 Å². The number of azide groups is 1. The SMILES string of the molecule is CC(CNC(=O)c1ccc(CN=[N+]=[N-])s1)c1ccccc1. The Labute approximate surface area is 127 Å². The summed E-state index contributed by atoms with van der Waals surface area (Å²) in [4.78, 5) is 16.3. The van der Waals surface area contributed by atoms with Crippen LogP contribution in [-0.2, 0) is 6.54 Å². The molecule has 0 aliphatic heterocycles. The first-order valence-electron chi connectivity index (χ1n) is 6.63. The smallest absolute Gasteiger partial charge is 0.261 e. The van der Waals surface area contributed by atoms with Crippen LogP contribution in [0.2, 0.25) is 0 Å². The third-order valence-corrected chi connectivity index (χ3v) is 4.18. The number of hydrogen-bond acceptors (Lipinski definition) is 3. The summed E-state index contributed by atoms with van der Waals surface area (Å²) in [6.45, 7) is 2.96. The standard InChI is InChI=1S/C15H16N4OS/c1-11(12-5-3-2-4-6-12)9-17-15(20)14-8-7-13(21-14)10-18-19-16/h2-8,11H,9-10H2,1H3,(H,17,20).